The summed E-state index contributed by atoms with van der Waals surface area (Å²) in [6, 6.07) is 14.9. The molecule has 0 saturated heterocycles. The molecular weight excluding hydrogens is 258 g/mol. The van der Waals surface area contributed by atoms with Crippen LogP contribution in [0, 0.1) is 0 Å². The Bertz CT molecular complexity index is 616. The predicted octanol–water partition coefficient (Wildman–Crippen LogP) is 5.01. The van der Waals surface area contributed by atoms with Crippen LogP contribution in [0.25, 0.3) is 0 Å². The second-order valence-corrected chi connectivity index (χ2v) is 6.25. The Morgan fingerprint density at radius 3 is 2.57 bits per heavy atom. The molecule has 2 nitrogen and oxygen atoms in total. The molecule has 0 amide bonds. The Morgan fingerprint density at radius 1 is 1.10 bits per heavy atom. The third-order valence-electron chi connectivity index (χ3n) is 4.36. The Labute approximate surface area is 126 Å². The fourth-order valence-corrected chi connectivity index (χ4v) is 3.12. The summed E-state index contributed by atoms with van der Waals surface area (Å²) in [5.41, 5.74) is 5.14. The van der Waals surface area contributed by atoms with E-state index >= 15 is 0 Å². The summed E-state index contributed by atoms with van der Waals surface area (Å²) in [4.78, 5) is 0. The summed E-state index contributed by atoms with van der Waals surface area (Å²) in [6.45, 7) is 4.43. The number of phenols is 1. The highest BCUT2D eigenvalue weighted by Gasteiger charge is 2.20. The van der Waals surface area contributed by atoms with Gasteiger partial charge in [-0.2, -0.15) is 0 Å². The molecule has 110 valence electrons. The number of anilines is 1. The van der Waals surface area contributed by atoms with Gasteiger partial charge in [0.1, 0.15) is 5.75 Å². The van der Waals surface area contributed by atoms with Gasteiger partial charge < -0.3 is 10.4 Å². The standard InChI is InChI=1S/C19H23NO/c1-13(2)14-6-8-16(9-7-14)20-19-5-3-4-15-12-17(21)10-11-18(15)19/h6-13,19-21H,3-5H2,1-2H3. The van der Waals surface area contributed by atoms with E-state index in [2.05, 4.69) is 49.5 Å². The summed E-state index contributed by atoms with van der Waals surface area (Å²) in [5, 5.41) is 13.3. The number of benzene rings is 2. The molecule has 1 atom stereocenters. The summed E-state index contributed by atoms with van der Waals surface area (Å²) in [5.74, 6) is 0.938. The van der Waals surface area contributed by atoms with Crippen molar-refractivity contribution >= 4 is 5.69 Å². The van der Waals surface area contributed by atoms with Gasteiger partial charge in [-0.05, 0) is 66.1 Å². The highest BCUT2D eigenvalue weighted by atomic mass is 16.3. The fraction of sp³-hybridized carbons (Fsp3) is 0.368. The van der Waals surface area contributed by atoms with Gasteiger partial charge in [0.15, 0.2) is 0 Å². The van der Waals surface area contributed by atoms with Gasteiger partial charge in [-0.25, -0.2) is 0 Å². The smallest absolute Gasteiger partial charge is 0.115 e. The van der Waals surface area contributed by atoms with E-state index in [1.54, 1.807) is 6.07 Å². The Hall–Kier alpha value is -1.96. The van der Waals surface area contributed by atoms with Crippen molar-refractivity contribution < 1.29 is 5.11 Å². The minimum atomic E-state index is 0.347. The number of hydrogen-bond donors (Lipinski definition) is 2. The molecule has 0 radical (unpaired) electrons. The van der Waals surface area contributed by atoms with Crippen LogP contribution in [0.4, 0.5) is 5.69 Å². The van der Waals surface area contributed by atoms with Crippen LogP contribution in [0.1, 0.15) is 55.3 Å². The van der Waals surface area contributed by atoms with Crippen molar-refractivity contribution in [3.8, 4) is 5.75 Å². The van der Waals surface area contributed by atoms with E-state index < -0.39 is 0 Å². The third-order valence-corrected chi connectivity index (χ3v) is 4.36. The first-order chi connectivity index (χ1) is 10.1. The Balaban J connectivity index is 1.80. The molecule has 2 aromatic carbocycles. The number of nitrogens with one attached hydrogen (secondary N) is 1. The van der Waals surface area contributed by atoms with Crippen LogP contribution in [0.3, 0.4) is 0 Å². The van der Waals surface area contributed by atoms with Gasteiger partial charge in [0.2, 0.25) is 0 Å². The molecule has 1 unspecified atom stereocenters. The lowest BCUT2D eigenvalue weighted by Crippen LogP contribution is -2.17. The summed E-state index contributed by atoms with van der Waals surface area (Å²) in [6.07, 6.45) is 3.37. The van der Waals surface area contributed by atoms with Crippen LogP contribution in [-0.4, -0.2) is 5.11 Å². The largest absolute Gasteiger partial charge is 0.508 e. The quantitative estimate of drug-likeness (QED) is 0.829. The minimum absolute atomic E-state index is 0.347. The number of hydrogen-bond acceptors (Lipinski definition) is 2. The van der Waals surface area contributed by atoms with Crippen LogP contribution in [0.15, 0.2) is 42.5 Å². The van der Waals surface area contributed by atoms with Crippen molar-refractivity contribution in [1.82, 2.24) is 0 Å². The lowest BCUT2D eigenvalue weighted by atomic mass is 9.87. The third kappa shape index (κ3) is 3.05. The molecule has 0 aliphatic heterocycles. The van der Waals surface area contributed by atoms with E-state index in [4.69, 9.17) is 0 Å². The Morgan fingerprint density at radius 2 is 1.86 bits per heavy atom. The number of rotatable bonds is 3. The van der Waals surface area contributed by atoms with E-state index in [1.165, 1.54) is 22.4 Å². The molecule has 0 bridgehead atoms. The maximum atomic E-state index is 9.63. The highest BCUT2D eigenvalue weighted by Crippen LogP contribution is 2.34. The molecule has 2 aromatic rings. The number of aromatic hydroxyl groups is 1. The number of aryl methyl sites for hydroxylation is 1. The average molecular weight is 281 g/mol. The van der Waals surface area contributed by atoms with Crippen molar-refractivity contribution in [2.75, 3.05) is 5.32 Å². The maximum absolute atomic E-state index is 9.63. The molecule has 0 aromatic heterocycles. The second kappa shape index (κ2) is 5.80. The number of phenolic OH excluding ortho intramolecular Hbond substituents is 1. The van der Waals surface area contributed by atoms with E-state index in [0.717, 1.165) is 19.3 Å². The zero-order valence-electron chi connectivity index (χ0n) is 12.8. The van der Waals surface area contributed by atoms with Crippen LogP contribution in [0.5, 0.6) is 5.75 Å². The molecule has 3 rings (SSSR count). The zero-order chi connectivity index (χ0) is 14.8. The minimum Gasteiger partial charge on any atom is -0.508 e. The topological polar surface area (TPSA) is 32.3 Å². The molecule has 1 aliphatic rings. The number of fused-ring (bicyclic) bond motifs is 1. The molecule has 2 heteroatoms. The van der Waals surface area contributed by atoms with E-state index in [9.17, 15) is 5.11 Å². The van der Waals surface area contributed by atoms with Crippen LogP contribution in [-0.2, 0) is 6.42 Å². The van der Waals surface area contributed by atoms with Crippen molar-refractivity contribution in [3.63, 3.8) is 0 Å². The predicted molar refractivity (Wildman–Crippen MR) is 87.9 cm³/mol. The summed E-state index contributed by atoms with van der Waals surface area (Å²) >= 11 is 0. The molecule has 0 fully saturated rings. The van der Waals surface area contributed by atoms with E-state index in [1.807, 2.05) is 6.07 Å². The maximum Gasteiger partial charge on any atom is 0.115 e. The molecular formula is C19H23NO. The fourth-order valence-electron chi connectivity index (χ4n) is 3.12. The SMILES string of the molecule is CC(C)c1ccc(NC2CCCc3cc(O)ccc32)cc1. The average Bonchev–Trinajstić information content (AvgIpc) is 2.47. The summed E-state index contributed by atoms with van der Waals surface area (Å²) < 4.78 is 0. The van der Waals surface area contributed by atoms with E-state index in [0.29, 0.717) is 17.7 Å². The molecule has 1 aliphatic carbocycles. The lowest BCUT2D eigenvalue weighted by molar-refractivity contribution is 0.472. The monoisotopic (exact) mass is 281 g/mol. The summed E-state index contributed by atoms with van der Waals surface area (Å²) in [7, 11) is 0. The van der Waals surface area contributed by atoms with Crippen LogP contribution >= 0.6 is 0 Å². The van der Waals surface area contributed by atoms with Crippen LogP contribution < -0.4 is 5.32 Å². The molecule has 21 heavy (non-hydrogen) atoms. The highest BCUT2D eigenvalue weighted by molar-refractivity contribution is 5.49. The van der Waals surface area contributed by atoms with Crippen LogP contribution in [0.2, 0.25) is 0 Å². The second-order valence-electron chi connectivity index (χ2n) is 6.25. The van der Waals surface area contributed by atoms with Gasteiger partial charge in [-0.3, -0.25) is 0 Å². The first-order valence-corrected chi connectivity index (χ1v) is 7.82. The van der Waals surface area contributed by atoms with Crippen molar-refractivity contribution in [2.45, 2.75) is 45.1 Å². The lowest BCUT2D eigenvalue weighted by Gasteiger charge is -2.27. The van der Waals surface area contributed by atoms with Gasteiger partial charge in [-0.15, -0.1) is 0 Å². The van der Waals surface area contributed by atoms with Gasteiger partial charge in [0, 0.05) is 5.69 Å². The van der Waals surface area contributed by atoms with E-state index in [-0.39, 0.29) is 0 Å². The van der Waals surface area contributed by atoms with Crippen molar-refractivity contribution in [1.29, 1.82) is 0 Å². The molecule has 0 heterocycles. The van der Waals surface area contributed by atoms with Gasteiger partial charge >= 0.3 is 0 Å². The van der Waals surface area contributed by atoms with Crippen molar-refractivity contribution in [3.05, 3.63) is 59.2 Å². The molecule has 0 spiro atoms. The normalized spacial score (nSPS) is 17.6. The van der Waals surface area contributed by atoms with Crippen molar-refractivity contribution in [2.24, 2.45) is 0 Å². The first kappa shape index (κ1) is 14.0. The van der Waals surface area contributed by atoms with Gasteiger partial charge in [0.05, 0.1) is 6.04 Å². The zero-order valence-corrected chi connectivity index (χ0v) is 12.8. The molecule has 0 saturated carbocycles. The Kier molecular flexibility index (Phi) is 3.87. The van der Waals surface area contributed by atoms with Gasteiger partial charge in [-0.1, -0.05) is 32.0 Å². The first-order valence-electron chi connectivity index (χ1n) is 7.82. The molecule has 2 N–H and O–H groups in total. The van der Waals surface area contributed by atoms with Gasteiger partial charge in [0.25, 0.3) is 0 Å².